The van der Waals surface area contributed by atoms with Crippen LogP contribution in [0.4, 0.5) is 5.69 Å². The van der Waals surface area contributed by atoms with E-state index < -0.39 is 17.1 Å². The summed E-state index contributed by atoms with van der Waals surface area (Å²) in [6.07, 6.45) is 0. The van der Waals surface area contributed by atoms with E-state index in [0.29, 0.717) is 46.9 Å². The molecule has 12 heteroatoms. The highest BCUT2D eigenvalue weighted by molar-refractivity contribution is 9.10. The van der Waals surface area contributed by atoms with Crippen LogP contribution in [0.3, 0.4) is 0 Å². The molecule has 3 aliphatic heterocycles. The minimum atomic E-state index is -0.742. The first kappa shape index (κ1) is 25.8. The normalized spacial score (nSPS) is 22.9. The molecule has 8 nitrogen and oxygen atoms in total. The van der Waals surface area contributed by atoms with Crippen LogP contribution in [-0.4, -0.2) is 58.7 Å². The van der Waals surface area contributed by atoms with Crippen LogP contribution in [0.15, 0.2) is 62.8 Å². The fraction of sp³-hybridized carbons (Fsp3) is 0.308. The summed E-state index contributed by atoms with van der Waals surface area (Å²) < 4.78 is 7.64. The van der Waals surface area contributed by atoms with Gasteiger partial charge in [0, 0.05) is 33.4 Å². The van der Waals surface area contributed by atoms with Crippen molar-refractivity contribution in [3.05, 3.63) is 78.1 Å². The van der Waals surface area contributed by atoms with E-state index in [1.807, 2.05) is 24.3 Å². The number of amides is 3. The highest BCUT2D eigenvalue weighted by Crippen LogP contribution is 2.54. The lowest BCUT2D eigenvalue weighted by molar-refractivity contribution is -0.136. The number of benzene rings is 2. The van der Waals surface area contributed by atoms with Gasteiger partial charge in [0.05, 0.1) is 29.8 Å². The Hall–Kier alpha value is -2.44. The number of carbonyl (C=O) groups excluding carboxylic acids is 3. The van der Waals surface area contributed by atoms with Crippen LogP contribution >= 0.6 is 50.6 Å². The molecule has 2 fully saturated rings. The van der Waals surface area contributed by atoms with Crippen LogP contribution in [0.25, 0.3) is 0 Å². The molecule has 196 valence electrons. The topological polar surface area (TPSA) is 88.9 Å². The van der Waals surface area contributed by atoms with E-state index in [-0.39, 0.29) is 29.1 Å². The van der Waals surface area contributed by atoms with Crippen LogP contribution in [0.5, 0.6) is 0 Å². The number of hydrogen-bond acceptors (Lipinski definition) is 7. The molecule has 3 aromatic rings. The van der Waals surface area contributed by atoms with Crippen molar-refractivity contribution < 1.29 is 19.1 Å². The highest BCUT2D eigenvalue weighted by atomic mass is 79.9. The van der Waals surface area contributed by atoms with Crippen molar-refractivity contribution in [1.29, 1.82) is 0 Å². The van der Waals surface area contributed by atoms with Crippen molar-refractivity contribution >= 4 is 74.0 Å². The smallest absolute Gasteiger partial charge is 0.308 e. The molecule has 6 rings (SSSR count). The zero-order valence-electron chi connectivity index (χ0n) is 19.8. The van der Waals surface area contributed by atoms with Crippen LogP contribution in [-0.2, 0) is 25.7 Å². The number of rotatable bonds is 4. The molecule has 0 bridgehead atoms. The van der Waals surface area contributed by atoms with Crippen molar-refractivity contribution in [3.63, 3.8) is 0 Å². The van der Waals surface area contributed by atoms with Gasteiger partial charge in [-0.2, -0.15) is 0 Å². The van der Waals surface area contributed by atoms with Gasteiger partial charge in [0.1, 0.15) is 11.8 Å². The zero-order valence-corrected chi connectivity index (χ0v) is 23.8. The summed E-state index contributed by atoms with van der Waals surface area (Å²) in [5, 5.41) is 0.336. The second kappa shape index (κ2) is 10.3. The Morgan fingerprint density at radius 1 is 1.05 bits per heavy atom. The molecule has 3 amide bonds. The highest BCUT2D eigenvalue weighted by Gasteiger charge is 2.56. The maximum Gasteiger partial charge on any atom is 0.308 e. The second-order valence-corrected chi connectivity index (χ2v) is 12.7. The maximum absolute atomic E-state index is 13.9. The summed E-state index contributed by atoms with van der Waals surface area (Å²) in [4.78, 5) is 57.3. The Kier molecular flexibility index (Phi) is 6.98. The first-order valence-electron chi connectivity index (χ1n) is 12.0. The van der Waals surface area contributed by atoms with E-state index in [2.05, 4.69) is 15.9 Å². The minimum Gasteiger partial charge on any atom is -0.378 e. The molecule has 2 saturated heterocycles. The Bertz CT molecular complexity index is 1500. The molecule has 1 aromatic heterocycles. The van der Waals surface area contributed by atoms with Crippen LogP contribution in [0.1, 0.15) is 16.4 Å². The van der Waals surface area contributed by atoms with Crippen molar-refractivity contribution in [2.45, 2.75) is 22.7 Å². The van der Waals surface area contributed by atoms with Gasteiger partial charge in [0.15, 0.2) is 0 Å². The predicted molar refractivity (Wildman–Crippen MR) is 149 cm³/mol. The van der Waals surface area contributed by atoms with Gasteiger partial charge in [0.2, 0.25) is 17.7 Å². The number of ether oxygens (including phenoxy) is 1. The number of carbonyl (C=O) groups is 3. The number of thiazole rings is 1. The number of hydrogen-bond donors (Lipinski definition) is 0. The van der Waals surface area contributed by atoms with Crippen LogP contribution in [0.2, 0.25) is 5.02 Å². The molecule has 0 radical (unpaired) electrons. The number of nitrogens with zero attached hydrogens (tertiary/aromatic N) is 3. The largest absolute Gasteiger partial charge is 0.378 e. The summed E-state index contributed by atoms with van der Waals surface area (Å²) in [6, 6.07) is 14.2. The SMILES string of the molecule is O=C(Cn1c2c(sc1=O)[C@@H](c1cccc(Br)c1)[C@@H]1C(=O)N(c3ccc(Cl)cc3)C(=O)[C@@H]1S2)N1CCOCC1. The molecule has 0 N–H and O–H groups in total. The molecule has 38 heavy (non-hydrogen) atoms. The van der Waals surface area contributed by atoms with E-state index in [0.717, 1.165) is 21.4 Å². The number of morpholine rings is 1. The summed E-state index contributed by atoms with van der Waals surface area (Å²) in [6.45, 7) is 1.75. The molecule has 0 spiro atoms. The van der Waals surface area contributed by atoms with Gasteiger partial charge in [0.25, 0.3) is 0 Å². The Labute approximate surface area is 239 Å². The molecule has 3 aliphatic rings. The standard InChI is InChI=1S/C26H21BrClN3O5S2/c27-15-3-1-2-14(12-15)19-20-21(24(34)31(23(20)33)17-6-4-16(28)5-7-17)37-25-22(19)38-26(35)30(25)13-18(32)29-8-10-36-11-9-29/h1-7,12,19-21H,8-11,13H2/t19-,20-,21+/m0/s1. The van der Waals surface area contributed by atoms with E-state index in [4.69, 9.17) is 16.3 Å². The fourth-order valence-corrected chi connectivity index (χ4v) is 8.52. The quantitative estimate of drug-likeness (QED) is 0.404. The average molecular weight is 635 g/mol. The average Bonchev–Trinajstić information content (AvgIpc) is 3.36. The Morgan fingerprint density at radius 3 is 2.50 bits per heavy atom. The number of halogens is 2. The minimum absolute atomic E-state index is 0.122. The second-order valence-electron chi connectivity index (χ2n) is 9.20. The summed E-state index contributed by atoms with van der Waals surface area (Å²) in [5.41, 5.74) is 1.28. The van der Waals surface area contributed by atoms with Crippen LogP contribution < -0.4 is 9.77 Å². The van der Waals surface area contributed by atoms with E-state index >= 15 is 0 Å². The molecule has 3 atom stereocenters. The van der Waals surface area contributed by atoms with Gasteiger partial charge >= 0.3 is 4.87 Å². The molecule has 2 aromatic carbocycles. The summed E-state index contributed by atoms with van der Waals surface area (Å²) in [7, 11) is 0. The number of thioether (sulfide) groups is 1. The van der Waals surface area contributed by atoms with Gasteiger partial charge in [-0.3, -0.25) is 23.7 Å². The fourth-order valence-electron chi connectivity index (χ4n) is 5.21. The molecular weight excluding hydrogens is 614 g/mol. The Morgan fingerprint density at radius 2 is 1.79 bits per heavy atom. The van der Waals surface area contributed by atoms with Crippen molar-refractivity contribution in [2.24, 2.45) is 5.92 Å². The van der Waals surface area contributed by atoms with E-state index in [1.54, 1.807) is 29.2 Å². The Balaban J connectivity index is 1.44. The monoisotopic (exact) mass is 633 g/mol. The lowest BCUT2D eigenvalue weighted by atomic mass is 9.83. The number of aromatic nitrogens is 1. The number of imide groups is 1. The van der Waals surface area contributed by atoms with E-state index in [9.17, 15) is 19.2 Å². The molecule has 0 aliphatic carbocycles. The summed E-state index contributed by atoms with van der Waals surface area (Å²) >= 11 is 11.8. The first-order chi connectivity index (χ1) is 18.3. The third kappa shape index (κ3) is 4.44. The third-order valence-corrected chi connectivity index (χ3v) is 10.3. The zero-order chi connectivity index (χ0) is 26.6. The van der Waals surface area contributed by atoms with Gasteiger partial charge in [-0.25, -0.2) is 4.90 Å². The van der Waals surface area contributed by atoms with Crippen molar-refractivity contribution in [2.75, 3.05) is 31.2 Å². The lowest BCUT2D eigenvalue weighted by Crippen LogP contribution is -2.43. The van der Waals surface area contributed by atoms with E-state index in [1.165, 1.54) is 21.2 Å². The number of anilines is 1. The first-order valence-corrected chi connectivity index (χ1v) is 14.8. The maximum atomic E-state index is 13.9. The molecule has 0 unspecified atom stereocenters. The van der Waals surface area contributed by atoms with Gasteiger partial charge < -0.3 is 9.64 Å². The van der Waals surface area contributed by atoms with Crippen molar-refractivity contribution in [1.82, 2.24) is 9.47 Å². The van der Waals surface area contributed by atoms with Crippen LogP contribution in [0, 0.1) is 5.92 Å². The lowest BCUT2D eigenvalue weighted by Gasteiger charge is -2.31. The molecule has 4 heterocycles. The predicted octanol–water partition coefficient (Wildman–Crippen LogP) is 3.98. The summed E-state index contributed by atoms with van der Waals surface area (Å²) in [5.74, 6) is -2.05. The molecule has 0 saturated carbocycles. The third-order valence-electron chi connectivity index (χ3n) is 7.00. The van der Waals surface area contributed by atoms with Crippen molar-refractivity contribution in [3.8, 4) is 0 Å². The van der Waals surface area contributed by atoms with Gasteiger partial charge in [-0.05, 0) is 42.0 Å². The van der Waals surface area contributed by atoms with Gasteiger partial charge in [-0.1, -0.05) is 62.8 Å². The number of fused-ring (bicyclic) bond motifs is 2. The van der Waals surface area contributed by atoms with Gasteiger partial charge in [-0.15, -0.1) is 0 Å². The molecular formula is C26H21BrClN3O5S2.